The average Bonchev–Trinajstić information content (AvgIpc) is 3.80. The van der Waals surface area contributed by atoms with E-state index < -0.39 is 5.41 Å². The van der Waals surface area contributed by atoms with Crippen molar-refractivity contribution in [1.82, 2.24) is 9.97 Å². The van der Waals surface area contributed by atoms with E-state index in [1.807, 2.05) is 36.4 Å². The number of fused-ring (bicyclic) bond motifs is 12. The molecule has 3 heterocycles. The maximum atomic E-state index is 7.08. The molecule has 0 N–H and O–H groups in total. The molecule has 10 aromatic rings. The van der Waals surface area contributed by atoms with Crippen molar-refractivity contribution in [2.45, 2.75) is 5.41 Å². The molecule has 1 spiro atoms. The molecule has 0 bridgehead atoms. The summed E-state index contributed by atoms with van der Waals surface area (Å²) in [5, 5.41) is 2.18. The van der Waals surface area contributed by atoms with E-state index in [-0.39, 0.29) is 0 Å². The lowest BCUT2D eigenvalue weighted by atomic mass is 9.65. The monoisotopic (exact) mass is 728 g/mol. The van der Waals surface area contributed by atoms with E-state index in [2.05, 4.69) is 158 Å². The number of rotatable bonds is 4. The fraction of sp³-hybridized carbons (Fsp3) is 0.0189. The van der Waals surface area contributed by atoms with Gasteiger partial charge in [-0.25, -0.2) is 9.97 Å². The van der Waals surface area contributed by atoms with Crippen LogP contribution in [0.5, 0.6) is 11.5 Å². The summed E-state index contributed by atoms with van der Waals surface area (Å²) in [5.41, 5.74) is 15.0. The van der Waals surface area contributed by atoms with Gasteiger partial charge in [-0.2, -0.15) is 0 Å². The smallest absolute Gasteiger partial charge is 0.160 e. The van der Waals surface area contributed by atoms with E-state index in [9.17, 15) is 0 Å². The van der Waals surface area contributed by atoms with Crippen LogP contribution < -0.4 is 4.74 Å². The van der Waals surface area contributed by atoms with Crippen LogP contribution >= 0.6 is 0 Å². The van der Waals surface area contributed by atoms with Gasteiger partial charge in [0.05, 0.1) is 16.8 Å². The molecule has 0 saturated carbocycles. The lowest BCUT2D eigenvalue weighted by Gasteiger charge is -2.40. The minimum atomic E-state index is -0.555. The van der Waals surface area contributed by atoms with E-state index in [1.54, 1.807) is 0 Å². The second kappa shape index (κ2) is 12.2. The molecule has 12 rings (SSSR count). The van der Waals surface area contributed by atoms with Gasteiger partial charge >= 0.3 is 0 Å². The van der Waals surface area contributed by atoms with E-state index in [0.29, 0.717) is 5.82 Å². The van der Waals surface area contributed by atoms with Crippen LogP contribution in [0.2, 0.25) is 0 Å². The number of hydrogen-bond acceptors (Lipinski definition) is 4. The van der Waals surface area contributed by atoms with Gasteiger partial charge in [-0.05, 0) is 58.1 Å². The zero-order valence-corrected chi connectivity index (χ0v) is 30.7. The molecule has 4 nitrogen and oxygen atoms in total. The molecule has 266 valence electrons. The molecule has 1 aliphatic carbocycles. The van der Waals surface area contributed by atoms with Crippen LogP contribution in [0.3, 0.4) is 0 Å². The van der Waals surface area contributed by atoms with Gasteiger partial charge in [0.15, 0.2) is 5.82 Å². The first-order chi connectivity index (χ1) is 28.3. The number of hydrogen-bond donors (Lipinski definition) is 0. The van der Waals surface area contributed by atoms with E-state index in [0.717, 1.165) is 83.8 Å². The molecule has 0 unspecified atom stereocenters. The SMILES string of the molecule is c1ccc(-c2nc(-c3ccc4c(c3)oc3ccccc34)cc(-c3ccccc3-c3cccc4c3Oc3ccccc3C43c4ccccc4-c4ccccc43)n2)cc1. The van der Waals surface area contributed by atoms with E-state index in [4.69, 9.17) is 19.1 Å². The highest BCUT2D eigenvalue weighted by Crippen LogP contribution is 2.63. The van der Waals surface area contributed by atoms with Crippen LogP contribution in [0.1, 0.15) is 22.3 Å². The second-order valence-corrected chi connectivity index (χ2v) is 14.8. The summed E-state index contributed by atoms with van der Waals surface area (Å²) >= 11 is 0. The van der Waals surface area contributed by atoms with Crippen molar-refractivity contribution in [3.8, 4) is 67.7 Å². The number of aromatic nitrogens is 2. The summed E-state index contributed by atoms with van der Waals surface area (Å²) in [4.78, 5) is 10.5. The predicted octanol–water partition coefficient (Wildman–Crippen LogP) is 13.5. The molecule has 0 fully saturated rings. The fourth-order valence-electron chi connectivity index (χ4n) is 9.37. The molecular weight excluding hydrogens is 697 g/mol. The predicted molar refractivity (Wildman–Crippen MR) is 228 cm³/mol. The molecule has 1 aliphatic heterocycles. The molecule has 0 atom stereocenters. The Balaban J connectivity index is 1.08. The quantitative estimate of drug-likeness (QED) is 0.181. The third-order valence-corrected chi connectivity index (χ3v) is 11.8. The topological polar surface area (TPSA) is 48.2 Å². The number of benzene rings is 8. The van der Waals surface area contributed by atoms with Gasteiger partial charge < -0.3 is 9.15 Å². The molecule has 4 heteroatoms. The Morgan fingerprint density at radius 3 is 1.77 bits per heavy atom. The van der Waals surface area contributed by atoms with Crippen molar-refractivity contribution in [1.29, 1.82) is 0 Å². The Morgan fingerprint density at radius 1 is 0.368 bits per heavy atom. The third kappa shape index (κ3) is 4.62. The summed E-state index contributed by atoms with van der Waals surface area (Å²) in [6.45, 7) is 0. The molecule has 8 aromatic carbocycles. The van der Waals surface area contributed by atoms with Gasteiger partial charge in [-0.15, -0.1) is 0 Å². The Labute approximate surface area is 329 Å². The van der Waals surface area contributed by atoms with Crippen molar-refractivity contribution in [3.05, 3.63) is 216 Å². The number of para-hydroxylation sites is 3. The van der Waals surface area contributed by atoms with Crippen molar-refractivity contribution in [3.63, 3.8) is 0 Å². The summed E-state index contributed by atoms with van der Waals surface area (Å²) < 4.78 is 13.4. The highest BCUT2D eigenvalue weighted by molar-refractivity contribution is 6.06. The summed E-state index contributed by atoms with van der Waals surface area (Å²) in [5.74, 6) is 2.36. The van der Waals surface area contributed by atoms with Gasteiger partial charge in [-0.1, -0.05) is 164 Å². The Kier molecular flexibility index (Phi) is 6.81. The standard InChI is InChI=1S/C53H32N2O2/c1-2-15-33(16-3-1)52-54-46(34-29-30-40-39-21-8-12-27-48(39)56-50(40)31-34)32-47(55-52)38-20-5-4-17-35(38)41-22-14-26-45-51(41)57-49-28-13-11-25-44(49)53(45)42-23-9-6-18-36(42)37-19-7-10-24-43(37)53/h1-32H. The van der Waals surface area contributed by atoms with Crippen LogP contribution in [0.4, 0.5) is 0 Å². The summed E-state index contributed by atoms with van der Waals surface area (Å²) in [6.07, 6.45) is 0. The van der Waals surface area contributed by atoms with Gasteiger partial charge in [0.25, 0.3) is 0 Å². The van der Waals surface area contributed by atoms with Crippen LogP contribution in [-0.4, -0.2) is 9.97 Å². The van der Waals surface area contributed by atoms with E-state index in [1.165, 1.54) is 22.3 Å². The van der Waals surface area contributed by atoms with Crippen molar-refractivity contribution < 1.29 is 9.15 Å². The van der Waals surface area contributed by atoms with Crippen LogP contribution in [0.25, 0.3) is 78.1 Å². The lowest BCUT2D eigenvalue weighted by molar-refractivity contribution is 0.438. The normalized spacial score (nSPS) is 13.2. The second-order valence-electron chi connectivity index (χ2n) is 14.8. The third-order valence-electron chi connectivity index (χ3n) is 11.8. The Morgan fingerprint density at radius 2 is 0.965 bits per heavy atom. The molecule has 2 aliphatic rings. The number of furan rings is 1. The first-order valence-electron chi connectivity index (χ1n) is 19.3. The maximum Gasteiger partial charge on any atom is 0.160 e. The zero-order valence-electron chi connectivity index (χ0n) is 30.7. The Bertz CT molecular complexity index is 3190. The summed E-state index contributed by atoms with van der Waals surface area (Å²) in [7, 11) is 0. The molecule has 2 aromatic heterocycles. The fourth-order valence-corrected chi connectivity index (χ4v) is 9.37. The number of nitrogens with zero attached hydrogens (tertiary/aromatic N) is 2. The van der Waals surface area contributed by atoms with Crippen LogP contribution in [-0.2, 0) is 5.41 Å². The van der Waals surface area contributed by atoms with Crippen molar-refractivity contribution in [2.75, 3.05) is 0 Å². The van der Waals surface area contributed by atoms with E-state index >= 15 is 0 Å². The first kappa shape index (κ1) is 31.8. The van der Waals surface area contributed by atoms with Crippen LogP contribution in [0.15, 0.2) is 199 Å². The Hall–Kier alpha value is -7.56. The van der Waals surface area contributed by atoms with Crippen molar-refractivity contribution in [2.24, 2.45) is 0 Å². The molecule has 0 saturated heterocycles. The molecule has 0 radical (unpaired) electrons. The average molecular weight is 729 g/mol. The van der Waals surface area contributed by atoms with Gasteiger partial charge in [0, 0.05) is 44.2 Å². The summed E-state index contributed by atoms with van der Waals surface area (Å²) in [6, 6.07) is 68.2. The van der Waals surface area contributed by atoms with Gasteiger partial charge in [-0.3, -0.25) is 0 Å². The minimum Gasteiger partial charge on any atom is -0.456 e. The molecular formula is C53H32N2O2. The number of ether oxygens (including phenoxy) is 1. The maximum absolute atomic E-state index is 7.08. The minimum absolute atomic E-state index is 0.555. The van der Waals surface area contributed by atoms with Crippen LogP contribution in [0, 0.1) is 0 Å². The zero-order chi connectivity index (χ0) is 37.5. The van der Waals surface area contributed by atoms with Gasteiger partial charge in [0.1, 0.15) is 22.7 Å². The highest BCUT2D eigenvalue weighted by atomic mass is 16.5. The highest BCUT2D eigenvalue weighted by Gasteiger charge is 2.51. The first-order valence-corrected chi connectivity index (χ1v) is 19.3. The molecule has 0 amide bonds. The van der Waals surface area contributed by atoms with Gasteiger partial charge in [0.2, 0.25) is 0 Å². The largest absolute Gasteiger partial charge is 0.456 e. The van der Waals surface area contributed by atoms with Crippen molar-refractivity contribution >= 4 is 21.9 Å². The lowest BCUT2D eigenvalue weighted by Crippen LogP contribution is -2.32. The molecule has 57 heavy (non-hydrogen) atoms.